The van der Waals surface area contributed by atoms with Gasteiger partial charge in [-0.3, -0.25) is 9.69 Å². The minimum atomic E-state index is -0.115. The van der Waals surface area contributed by atoms with Gasteiger partial charge in [-0.05, 0) is 17.7 Å². The number of hydrogen-bond donors (Lipinski definition) is 0. The zero-order valence-corrected chi connectivity index (χ0v) is 8.41. The van der Waals surface area contributed by atoms with Crippen LogP contribution in [0.25, 0.3) is 10.4 Å². The van der Waals surface area contributed by atoms with Gasteiger partial charge in [-0.2, -0.15) is 0 Å². The van der Waals surface area contributed by atoms with E-state index in [1.54, 1.807) is 17.0 Å². The Labute approximate surface area is 91.3 Å². The topological polar surface area (TPSA) is 91.2 Å². The molecule has 0 saturated carbocycles. The van der Waals surface area contributed by atoms with Crippen LogP contribution in [0.15, 0.2) is 23.4 Å². The molecular formula is C9H9N5O2. The molecule has 1 aromatic rings. The maximum absolute atomic E-state index is 11.5. The van der Waals surface area contributed by atoms with E-state index in [1.807, 2.05) is 0 Å². The quantitative estimate of drug-likeness (QED) is 0.427. The van der Waals surface area contributed by atoms with E-state index in [4.69, 9.17) is 10.3 Å². The SMILES string of the molecule is [N-]=[N+]=Nc1ccc(N2CCOCC2=O)nc1. The Morgan fingerprint density at radius 3 is 3.06 bits per heavy atom. The van der Waals surface area contributed by atoms with E-state index in [2.05, 4.69) is 15.0 Å². The summed E-state index contributed by atoms with van der Waals surface area (Å²) < 4.78 is 5.01. The minimum Gasteiger partial charge on any atom is -0.370 e. The highest BCUT2D eigenvalue weighted by Crippen LogP contribution is 2.17. The van der Waals surface area contributed by atoms with Gasteiger partial charge in [0.15, 0.2) is 0 Å². The number of hydrogen-bond acceptors (Lipinski definition) is 4. The molecule has 0 aliphatic carbocycles. The fourth-order valence-corrected chi connectivity index (χ4v) is 1.41. The molecule has 0 radical (unpaired) electrons. The van der Waals surface area contributed by atoms with Gasteiger partial charge in [-0.1, -0.05) is 5.11 Å². The Bertz CT molecular complexity index is 438. The second kappa shape index (κ2) is 4.61. The number of carbonyl (C=O) groups is 1. The molecular weight excluding hydrogens is 210 g/mol. The van der Waals surface area contributed by atoms with Crippen LogP contribution in [0.3, 0.4) is 0 Å². The summed E-state index contributed by atoms with van der Waals surface area (Å²) in [6.45, 7) is 1.08. The summed E-state index contributed by atoms with van der Waals surface area (Å²) in [5.41, 5.74) is 8.65. The lowest BCUT2D eigenvalue weighted by Crippen LogP contribution is -2.42. The number of rotatable bonds is 2. The number of carbonyl (C=O) groups excluding carboxylic acids is 1. The van der Waals surface area contributed by atoms with Crippen molar-refractivity contribution in [1.82, 2.24) is 4.98 Å². The van der Waals surface area contributed by atoms with E-state index in [9.17, 15) is 4.79 Å². The van der Waals surface area contributed by atoms with Crippen molar-refractivity contribution in [2.24, 2.45) is 5.11 Å². The summed E-state index contributed by atoms with van der Waals surface area (Å²) in [5.74, 6) is 0.431. The Balaban J connectivity index is 2.20. The van der Waals surface area contributed by atoms with Crippen molar-refractivity contribution >= 4 is 17.4 Å². The first kappa shape index (κ1) is 10.4. The zero-order valence-electron chi connectivity index (χ0n) is 8.41. The predicted octanol–water partition coefficient (Wildman–Crippen LogP) is 1.39. The molecule has 16 heavy (non-hydrogen) atoms. The molecule has 1 fully saturated rings. The monoisotopic (exact) mass is 219 g/mol. The second-order valence-electron chi connectivity index (χ2n) is 3.16. The van der Waals surface area contributed by atoms with E-state index in [-0.39, 0.29) is 12.5 Å². The average molecular weight is 219 g/mol. The van der Waals surface area contributed by atoms with Crippen molar-refractivity contribution in [3.05, 3.63) is 28.8 Å². The molecule has 7 heteroatoms. The third-order valence-corrected chi connectivity index (χ3v) is 2.15. The first-order valence-corrected chi connectivity index (χ1v) is 4.70. The van der Waals surface area contributed by atoms with E-state index in [0.717, 1.165) is 0 Å². The minimum absolute atomic E-state index is 0.0831. The van der Waals surface area contributed by atoms with Crippen LogP contribution in [0, 0.1) is 0 Å². The van der Waals surface area contributed by atoms with Gasteiger partial charge in [0.25, 0.3) is 5.91 Å². The molecule has 1 amide bonds. The van der Waals surface area contributed by atoms with Crippen molar-refractivity contribution in [2.75, 3.05) is 24.7 Å². The molecule has 82 valence electrons. The Morgan fingerprint density at radius 1 is 1.56 bits per heavy atom. The number of nitrogens with zero attached hydrogens (tertiary/aromatic N) is 5. The largest absolute Gasteiger partial charge is 0.370 e. The molecule has 0 N–H and O–H groups in total. The lowest BCUT2D eigenvalue weighted by atomic mass is 10.3. The number of ether oxygens (including phenoxy) is 1. The summed E-state index contributed by atoms with van der Waals surface area (Å²) in [6, 6.07) is 3.26. The molecule has 2 heterocycles. The van der Waals surface area contributed by atoms with Gasteiger partial charge in [0.05, 0.1) is 18.8 Å². The molecule has 1 saturated heterocycles. The van der Waals surface area contributed by atoms with Crippen LogP contribution in [0.4, 0.5) is 11.5 Å². The van der Waals surface area contributed by atoms with E-state index >= 15 is 0 Å². The van der Waals surface area contributed by atoms with Crippen LogP contribution in [0.2, 0.25) is 0 Å². The number of pyridine rings is 1. The van der Waals surface area contributed by atoms with Gasteiger partial charge >= 0.3 is 0 Å². The number of amides is 1. The molecule has 7 nitrogen and oxygen atoms in total. The second-order valence-corrected chi connectivity index (χ2v) is 3.16. The lowest BCUT2D eigenvalue weighted by Gasteiger charge is -2.25. The number of aromatic nitrogens is 1. The van der Waals surface area contributed by atoms with Gasteiger partial charge in [-0.15, -0.1) is 0 Å². The van der Waals surface area contributed by atoms with Crippen LogP contribution in [0.5, 0.6) is 0 Å². The molecule has 0 aromatic carbocycles. The maximum Gasteiger partial charge on any atom is 0.254 e. The predicted molar refractivity (Wildman–Crippen MR) is 56.2 cm³/mol. The highest BCUT2D eigenvalue weighted by Gasteiger charge is 2.20. The molecule has 1 aromatic heterocycles. The van der Waals surface area contributed by atoms with E-state index in [0.29, 0.717) is 24.7 Å². The van der Waals surface area contributed by atoms with Crippen LogP contribution < -0.4 is 4.90 Å². The molecule has 2 rings (SSSR count). The normalized spacial score (nSPS) is 15.8. The fraction of sp³-hybridized carbons (Fsp3) is 0.333. The molecule has 0 atom stereocenters. The first-order chi connectivity index (χ1) is 7.81. The van der Waals surface area contributed by atoms with Gasteiger partial charge in [0, 0.05) is 11.1 Å². The molecule has 1 aliphatic heterocycles. The molecule has 0 unspecified atom stereocenters. The highest BCUT2D eigenvalue weighted by atomic mass is 16.5. The summed E-state index contributed by atoms with van der Waals surface area (Å²) >= 11 is 0. The summed E-state index contributed by atoms with van der Waals surface area (Å²) in [5, 5.41) is 3.40. The first-order valence-electron chi connectivity index (χ1n) is 4.70. The number of morpholine rings is 1. The van der Waals surface area contributed by atoms with Crippen molar-refractivity contribution in [3.8, 4) is 0 Å². The van der Waals surface area contributed by atoms with Gasteiger partial charge in [0.1, 0.15) is 12.4 Å². The van der Waals surface area contributed by atoms with Crippen molar-refractivity contribution in [1.29, 1.82) is 0 Å². The van der Waals surface area contributed by atoms with Crippen LogP contribution in [0.1, 0.15) is 0 Å². The Hall–Kier alpha value is -2.11. The van der Waals surface area contributed by atoms with Crippen LogP contribution in [-0.2, 0) is 9.53 Å². The molecule has 0 bridgehead atoms. The fourth-order valence-electron chi connectivity index (χ4n) is 1.41. The third kappa shape index (κ3) is 2.10. The van der Waals surface area contributed by atoms with Gasteiger partial charge in [-0.25, -0.2) is 4.98 Å². The lowest BCUT2D eigenvalue weighted by molar-refractivity contribution is -0.125. The standard InChI is InChI=1S/C9H9N5O2/c10-13-12-7-1-2-8(11-5-7)14-3-4-16-6-9(14)15/h1-2,5H,3-4,6H2. The maximum atomic E-state index is 11.5. The van der Waals surface area contributed by atoms with Gasteiger partial charge in [0.2, 0.25) is 0 Å². The number of azide groups is 1. The smallest absolute Gasteiger partial charge is 0.254 e. The van der Waals surface area contributed by atoms with Crippen molar-refractivity contribution in [2.45, 2.75) is 0 Å². The van der Waals surface area contributed by atoms with Crippen LogP contribution >= 0.6 is 0 Å². The zero-order chi connectivity index (χ0) is 11.4. The summed E-state index contributed by atoms with van der Waals surface area (Å²) in [4.78, 5) is 19.7. The summed E-state index contributed by atoms with van der Waals surface area (Å²) in [6.07, 6.45) is 1.43. The average Bonchev–Trinajstić information content (AvgIpc) is 2.31. The third-order valence-electron chi connectivity index (χ3n) is 2.15. The van der Waals surface area contributed by atoms with Crippen molar-refractivity contribution in [3.63, 3.8) is 0 Å². The Kier molecular flexibility index (Phi) is 3.00. The van der Waals surface area contributed by atoms with E-state index in [1.165, 1.54) is 6.20 Å². The van der Waals surface area contributed by atoms with Gasteiger partial charge < -0.3 is 4.74 Å². The van der Waals surface area contributed by atoms with Crippen molar-refractivity contribution < 1.29 is 9.53 Å². The number of anilines is 1. The highest BCUT2D eigenvalue weighted by molar-refractivity contribution is 5.93. The molecule has 1 aliphatic rings. The molecule has 0 spiro atoms. The van der Waals surface area contributed by atoms with E-state index < -0.39 is 0 Å². The van der Waals surface area contributed by atoms with Crippen LogP contribution in [-0.4, -0.2) is 30.6 Å². The summed E-state index contributed by atoms with van der Waals surface area (Å²) in [7, 11) is 0. The Morgan fingerprint density at radius 2 is 2.44 bits per heavy atom.